The van der Waals surface area contributed by atoms with E-state index in [0.29, 0.717) is 16.9 Å². The molecule has 0 atom stereocenters. The Morgan fingerprint density at radius 1 is 1.13 bits per heavy atom. The van der Waals surface area contributed by atoms with Crippen LogP contribution in [0.1, 0.15) is 27.0 Å². The van der Waals surface area contributed by atoms with E-state index in [0.717, 1.165) is 17.7 Å². The quantitative estimate of drug-likeness (QED) is 0.590. The van der Waals surface area contributed by atoms with Crippen LogP contribution in [0.25, 0.3) is 6.08 Å². The molecule has 0 aromatic heterocycles. The van der Waals surface area contributed by atoms with E-state index in [-0.39, 0.29) is 5.78 Å². The molecule has 2 rings (SSSR count). The van der Waals surface area contributed by atoms with Crippen LogP contribution in [0.15, 0.2) is 48.5 Å². The lowest BCUT2D eigenvalue weighted by molar-refractivity contribution is -0.137. The van der Waals surface area contributed by atoms with Crippen LogP contribution in [-0.2, 0) is 6.18 Å². The standard InChI is InChI=1S/C18H15F3O2/c1-12-6-9-17(23-2)15(10-12)16(22)8-7-13-4-3-5-14(11-13)18(19,20)21/h3-11H,1-2H3/b8-7+. The van der Waals surface area contributed by atoms with E-state index in [2.05, 4.69) is 0 Å². The molecule has 2 aromatic rings. The average Bonchev–Trinajstić information content (AvgIpc) is 2.52. The summed E-state index contributed by atoms with van der Waals surface area (Å²) in [6.45, 7) is 1.84. The number of allylic oxidation sites excluding steroid dienone is 1. The van der Waals surface area contributed by atoms with Crippen LogP contribution >= 0.6 is 0 Å². The van der Waals surface area contributed by atoms with Gasteiger partial charge < -0.3 is 4.74 Å². The normalized spacial score (nSPS) is 11.7. The highest BCUT2D eigenvalue weighted by Crippen LogP contribution is 2.29. The average molecular weight is 320 g/mol. The van der Waals surface area contributed by atoms with E-state index in [9.17, 15) is 18.0 Å². The maximum absolute atomic E-state index is 12.7. The molecule has 120 valence electrons. The Morgan fingerprint density at radius 2 is 1.87 bits per heavy atom. The monoisotopic (exact) mass is 320 g/mol. The van der Waals surface area contributed by atoms with Crippen molar-refractivity contribution in [3.63, 3.8) is 0 Å². The predicted octanol–water partition coefficient (Wildman–Crippen LogP) is 4.92. The van der Waals surface area contributed by atoms with Crippen LogP contribution in [0.5, 0.6) is 5.75 Å². The minimum Gasteiger partial charge on any atom is -0.496 e. The molecule has 2 aromatic carbocycles. The van der Waals surface area contributed by atoms with E-state index in [1.54, 1.807) is 12.1 Å². The maximum Gasteiger partial charge on any atom is 0.416 e. The highest BCUT2D eigenvalue weighted by Gasteiger charge is 2.30. The number of carbonyl (C=O) groups excluding carboxylic acids is 1. The Labute approximate surface area is 132 Å². The van der Waals surface area contributed by atoms with Gasteiger partial charge in [-0.05, 0) is 42.8 Å². The Hall–Kier alpha value is -2.56. The second-order valence-corrected chi connectivity index (χ2v) is 5.02. The first-order valence-electron chi connectivity index (χ1n) is 6.85. The molecule has 5 heteroatoms. The number of carbonyl (C=O) groups is 1. The van der Waals surface area contributed by atoms with Crippen molar-refractivity contribution in [2.24, 2.45) is 0 Å². The summed E-state index contributed by atoms with van der Waals surface area (Å²) in [6, 6.07) is 9.97. The molecule has 0 bridgehead atoms. The number of ketones is 1. The van der Waals surface area contributed by atoms with Gasteiger partial charge in [0.1, 0.15) is 5.75 Å². The molecule has 0 aliphatic heterocycles. The number of halogens is 3. The summed E-state index contributed by atoms with van der Waals surface area (Å²) in [5.41, 5.74) is 0.817. The molecule has 0 N–H and O–H groups in total. The van der Waals surface area contributed by atoms with Crippen molar-refractivity contribution in [2.75, 3.05) is 7.11 Å². The lowest BCUT2D eigenvalue weighted by Gasteiger charge is -2.07. The van der Waals surface area contributed by atoms with Gasteiger partial charge in [-0.3, -0.25) is 4.79 Å². The fourth-order valence-corrected chi connectivity index (χ4v) is 2.09. The van der Waals surface area contributed by atoms with E-state index < -0.39 is 11.7 Å². The molecule has 0 aliphatic rings. The minimum atomic E-state index is -4.41. The zero-order valence-electron chi connectivity index (χ0n) is 12.6. The highest BCUT2D eigenvalue weighted by atomic mass is 19.4. The maximum atomic E-state index is 12.7. The van der Waals surface area contributed by atoms with Gasteiger partial charge in [0.05, 0.1) is 18.2 Å². The number of methoxy groups -OCH3 is 1. The smallest absolute Gasteiger partial charge is 0.416 e. The highest BCUT2D eigenvalue weighted by molar-refractivity contribution is 6.08. The third kappa shape index (κ3) is 4.22. The molecule has 0 unspecified atom stereocenters. The van der Waals surface area contributed by atoms with Gasteiger partial charge in [0.15, 0.2) is 5.78 Å². The van der Waals surface area contributed by atoms with Crippen molar-refractivity contribution < 1.29 is 22.7 Å². The molecule has 0 amide bonds. The van der Waals surface area contributed by atoms with Crippen LogP contribution in [0.3, 0.4) is 0 Å². The SMILES string of the molecule is COc1ccc(C)cc1C(=O)/C=C/c1cccc(C(F)(F)F)c1. The van der Waals surface area contributed by atoms with Crippen LogP contribution in [-0.4, -0.2) is 12.9 Å². The molecule has 23 heavy (non-hydrogen) atoms. The fourth-order valence-electron chi connectivity index (χ4n) is 2.09. The zero-order valence-corrected chi connectivity index (χ0v) is 12.6. The number of hydrogen-bond donors (Lipinski definition) is 0. The molecular formula is C18H15F3O2. The second-order valence-electron chi connectivity index (χ2n) is 5.02. The van der Waals surface area contributed by atoms with E-state index >= 15 is 0 Å². The number of rotatable bonds is 4. The summed E-state index contributed by atoms with van der Waals surface area (Å²) < 4.78 is 43.1. The summed E-state index contributed by atoms with van der Waals surface area (Å²) in [4.78, 5) is 12.2. The van der Waals surface area contributed by atoms with E-state index in [4.69, 9.17) is 4.74 Å². The van der Waals surface area contributed by atoms with E-state index in [1.165, 1.54) is 31.4 Å². The van der Waals surface area contributed by atoms with Crippen molar-refractivity contribution in [3.8, 4) is 5.75 Å². The van der Waals surface area contributed by atoms with Gasteiger partial charge in [0.2, 0.25) is 0 Å². The summed E-state index contributed by atoms with van der Waals surface area (Å²) in [5, 5.41) is 0. The molecule has 0 fully saturated rings. The van der Waals surface area contributed by atoms with Gasteiger partial charge >= 0.3 is 6.18 Å². The van der Waals surface area contributed by atoms with Gasteiger partial charge in [-0.15, -0.1) is 0 Å². The third-order valence-corrected chi connectivity index (χ3v) is 3.26. The molecule has 0 saturated heterocycles. The van der Waals surface area contributed by atoms with Crippen molar-refractivity contribution in [2.45, 2.75) is 13.1 Å². The van der Waals surface area contributed by atoms with Crippen LogP contribution in [0.2, 0.25) is 0 Å². The molecule has 0 saturated carbocycles. The van der Waals surface area contributed by atoms with Crippen LogP contribution in [0, 0.1) is 6.92 Å². The zero-order chi connectivity index (χ0) is 17.0. The van der Waals surface area contributed by atoms with Crippen molar-refractivity contribution in [1.82, 2.24) is 0 Å². The molecule has 0 radical (unpaired) electrons. The van der Waals surface area contributed by atoms with Gasteiger partial charge in [0, 0.05) is 0 Å². The lowest BCUT2D eigenvalue weighted by Crippen LogP contribution is -2.04. The number of aryl methyl sites for hydroxylation is 1. The molecular weight excluding hydrogens is 305 g/mol. The summed E-state index contributed by atoms with van der Waals surface area (Å²) >= 11 is 0. The summed E-state index contributed by atoms with van der Waals surface area (Å²) in [7, 11) is 1.46. The number of alkyl halides is 3. The Bertz CT molecular complexity index is 746. The Kier molecular flexibility index (Phi) is 4.89. The molecule has 0 aliphatic carbocycles. The van der Waals surface area contributed by atoms with Gasteiger partial charge in [-0.2, -0.15) is 13.2 Å². The van der Waals surface area contributed by atoms with Crippen molar-refractivity contribution >= 4 is 11.9 Å². The number of ether oxygens (including phenoxy) is 1. The largest absolute Gasteiger partial charge is 0.496 e. The van der Waals surface area contributed by atoms with Crippen molar-refractivity contribution in [3.05, 3.63) is 70.8 Å². The van der Waals surface area contributed by atoms with E-state index in [1.807, 2.05) is 13.0 Å². The topological polar surface area (TPSA) is 26.3 Å². The van der Waals surface area contributed by atoms with Crippen LogP contribution < -0.4 is 4.74 Å². The fraction of sp³-hybridized carbons (Fsp3) is 0.167. The first kappa shape index (κ1) is 16.8. The first-order chi connectivity index (χ1) is 10.8. The minimum absolute atomic E-state index is 0.305. The summed E-state index contributed by atoms with van der Waals surface area (Å²) in [6.07, 6.45) is -1.81. The molecule has 0 heterocycles. The number of benzene rings is 2. The lowest BCUT2D eigenvalue weighted by atomic mass is 10.0. The van der Waals surface area contributed by atoms with Gasteiger partial charge in [0.25, 0.3) is 0 Å². The number of hydrogen-bond acceptors (Lipinski definition) is 2. The molecule has 0 spiro atoms. The Balaban J connectivity index is 2.27. The predicted molar refractivity (Wildman–Crippen MR) is 82.5 cm³/mol. The first-order valence-corrected chi connectivity index (χ1v) is 6.85. The second kappa shape index (κ2) is 6.69. The third-order valence-electron chi connectivity index (χ3n) is 3.26. The molecule has 2 nitrogen and oxygen atoms in total. The van der Waals surface area contributed by atoms with Gasteiger partial charge in [-0.25, -0.2) is 0 Å². The van der Waals surface area contributed by atoms with Crippen LogP contribution in [0.4, 0.5) is 13.2 Å². The van der Waals surface area contributed by atoms with Crippen molar-refractivity contribution in [1.29, 1.82) is 0 Å². The van der Waals surface area contributed by atoms with Gasteiger partial charge in [-0.1, -0.05) is 29.8 Å². The summed E-state index contributed by atoms with van der Waals surface area (Å²) in [5.74, 6) is 0.0947. The Morgan fingerprint density at radius 3 is 2.52 bits per heavy atom.